The lowest BCUT2D eigenvalue weighted by molar-refractivity contribution is -0.143. The van der Waals surface area contributed by atoms with Crippen LogP contribution in [0.4, 0.5) is 4.39 Å². The minimum atomic E-state index is -0.509. The summed E-state index contributed by atoms with van der Waals surface area (Å²) in [6, 6.07) is 19.2. The summed E-state index contributed by atoms with van der Waals surface area (Å²) in [5, 5.41) is 9.05. The second kappa shape index (κ2) is 12.5. The van der Waals surface area contributed by atoms with E-state index in [4.69, 9.17) is 24.1 Å². The van der Waals surface area contributed by atoms with Crippen LogP contribution in [-0.2, 0) is 22.6 Å². The Labute approximate surface area is 192 Å². The SMILES string of the molecule is CCOC(=O)CCc1ccc(OCc2cc(OCCO)cc(Oc3ccccc3)c2)c(F)c1. The molecule has 0 aromatic heterocycles. The Balaban J connectivity index is 1.67. The van der Waals surface area contributed by atoms with Crippen molar-refractivity contribution >= 4 is 5.97 Å². The van der Waals surface area contributed by atoms with Gasteiger partial charge in [0.15, 0.2) is 11.6 Å². The van der Waals surface area contributed by atoms with E-state index in [-0.39, 0.29) is 38.0 Å². The van der Waals surface area contributed by atoms with Crippen LogP contribution in [0.1, 0.15) is 24.5 Å². The van der Waals surface area contributed by atoms with Gasteiger partial charge in [-0.3, -0.25) is 4.79 Å². The van der Waals surface area contributed by atoms with Crippen LogP contribution in [0.5, 0.6) is 23.0 Å². The van der Waals surface area contributed by atoms with Crippen LogP contribution >= 0.6 is 0 Å². The Hall–Kier alpha value is -3.58. The van der Waals surface area contributed by atoms with Gasteiger partial charge in [0, 0.05) is 12.5 Å². The molecule has 0 aliphatic rings. The first-order valence-corrected chi connectivity index (χ1v) is 10.7. The lowest BCUT2D eigenvalue weighted by atomic mass is 10.1. The number of benzene rings is 3. The zero-order chi connectivity index (χ0) is 23.5. The number of esters is 1. The lowest BCUT2D eigenvalue weighted by Gasteiger charge is -2.13. The molecule has 7 heteroatoms. The predicted octanol–water partition coefficient (Wildman–Crippen LogP) is 5.06. The van der Waals surface area contributed by atoms with E-state index in [1.165, 1.54) is 6.07 Å². The fourth-order valence-corrected chi connectivity index (χ4v) is 3.10. The van der Waals surface area contributed by atoms with E-state index in [1.54, 1.807) is 37.3 Å². The molecule has 0 spiro atoms. The zero-order valence-electron chi connectivity index (χ0n) is 18.5. The second-order valence-electron chi connectivity index (χ2n) is 7.16. The van der Waals surface area contributed by atoms with E-state index >= 15 is 0 Å². The molecule has 174 valence electrons. The summed E-state index contributed by atoms with van der Waals surface area (Å²) in [6.07, 6.45) is 0.582. The smallest absolute Gasteiger partial charge is 0.306 e. The highest BCUT2D eigenvalue weighted by Crippen LogP contribution is 2.29. The molecule has 0 aliphatic heterocycles. The standard InChI is InChI=1S/C26H27FO6/c1-2-30-26(29)11-9-19-8-10-25(24(27)16-19)32-18-20-14-22(31-13-12-28)17-23(15-20)33-21-6-4-3-5-7-21/h3-8,10,14-17,28H,2,9,11-13,18H2,1H3. The maximum atomic E-state index is 14.5. The van der Waals surface area contributed by atoms with Gasteiger partial charge in [-0.25, -0.2) is 4.39 Å². The minimum Gasteiger partial charge on any atom is -0.491 e. The second-order valence-corrected chi connectivity index (χ2v) is 7.16. The van der Waals surface area contributed by atoms with E-state index in [0.717, 1.165) is 0 Å². The van der Waals surface area contributed by atoms with Crippen molar-refractivity contribution in [3.8, 4) is 23.0 Å². The van der Waals surface area contributed by atoms with Crippen molar-refractivity contribution in [2.45, 2.75) is 26.4 Å². The largest absolute Gasteiger partial charge is 0.491 e. The number of ether oxygens (including phenoxy) is 4. The summed E-state index contributed by atoms with van der Waals surface area (Å²) in [6.45, 7) is 2.17. The number of aliphatic hydroxyl groups excluding tert-OH is 1. The molecule has 1 N–H and O–H groups in total. The zero-order valence-corrected chi connectivity index (χ0v) is 18.5. The molecule has 0 bridgehead atoms. The van der Waals surface area contributed by atoms with Crippen LogP contribution in [0.2, 0.25) is 0 Å². The molecular weight excluding hydrogens is 427 g/mol. The van der Waals surface area contributed by atoms with Gasteiger partial charge in [-0.1, -0.05) is 24.3 Å². The summed E-state index contributed by atoms with van der Waals surface area (Å²) in [7, 11) is 0. The number of halogens is 1. The van der Waals surface area contributed by atoms with Crippen molar-refractivity contribution in [2.75, 3.05) is 19.8 Å². The summed E-state index contributed by atoms with van der Waals surface area (Å²) < 4.78 is 36.5. The Morgan fingerprint density at radius 2 is 1.70 bits per heavy atom. The van der Waals surface area contributed by atoms with Crippen molar-refractivity contribution < 1.29 is 33.2 Å². The van der Waals surface area contributed by atoms with E-state index in [9.17, 15) is 9.18 Å². The molecule has 3 aromatic carbocycles. The molecule has 0 fully saturated rings. The first kappa shape index (κ1) is 24.1. The van der Waals surface area contributed by atoms with Gasteiger partial charge in [-0.15, -0.1) is 0 Å². The van der Waals surface area contributed by atoms with Gasteiger partial charge in [-0.2, -0.15) is 0 Å². The fourth-order valence-electron chi connectivity index (χ4n) is 3.10. The van der Waals surface area contributed by atoms with Gasteiger partial charge >= 0.3 is 5.97 Å². The highest BCUT2D eigenvalue weighted by molar-refractivity contribution is 5.69. The number of carbonyl (C=O) groups excluding carboxylic acids is 1. The van der Waals surface area contributed by atoms with Gasteiger partial charge in [-0.05, 0) is 60.9 Å². The third kappa shape index (κ3) is 7.80. The summed E-state index contributed by atoms with van der Waals surface area (Å²) in [4.78, 5) is 11.5. The van der Waals surface area contributed by atoms with Gasteiger partial charge < -0.3 is 24.1 Å². The van der Waals surface area contributed by atoms with Gasteiger partial charge in [0.25, 0.3) is 0 Å². The van der Waals surface area contributed by atoms with E-state index in [2.05, 4.69) is 0 Å². The number of hydrogen-bond donors (Lipinski definition) is 1. The van der Waals surface area contributed by atoms with E-state index in [1.807, 2.05) is 30.3 Å². The number of carbonyl (C=O) groups is 1. The first-order valence-electron chi connectivity index (χ1n) is 10.7. The highest BCUT2D eigenvalue weighted by atomic mass is 19.1. The molecule has 0 atom stereocenters. The van der Waals surface area contributed by atoms with Crippen molar-refractivity contribution in [1.29, 1.82) is 0 Å². The number of rotatable bonds is 12. The number of para-hydroxylation sites is 1. The number of hydrogen-bond acceptors (Lipinski definition) is 6. The molecule has 0 radical (unpaired) electrons. The van der Waals surface area contributed by atoms with Crippen molar-refractivity contribution in [1.82, 2.24) is 0 Å². The van der Waals surface area contributed by atoms with E-state index in [0.29, 0.717) is 41.4 Å². The Kier molecular flexibility index (Phi) is 9.08. The molecule has 0 saturated carbocycles. The molecule has 3 aromatic rings. The Morgan fingerprint density at radius 1 is 0.909 bits per heavy atom. The van der Waals surface area contributed by atoms with Gasteiger partial charge in [0.05, 0.1) is 13.2 Å². The Bertz CT molecular complexity index is 1040. The van der Waals surface area contributed by atoms with Crippen LogP contribution in [0.15, 0.2) is 66.7 Å². The molecule has 0 heterocycles. The Morgan fingerprint density at radius 3 is 2.42 bits per heavy atom. The quantitative estimate of drug-likeness (QED) is 0.386. The van der Waals surface area contributed by atoms with Crippen LogP contribution in [0, 0.1) is 5.82 Å². The molecule has 6 nitrogen and oxygen atoms in total. The third-order valence-corrected chi connectivity index (χ3v) is 4.59. The normalized spacial score (nSPS) is 10.5. The van der Waals surface area contributed by atoms with Crippen LogP contribution in [-0.4, -0.2) is 30.9 Å². The van der Waals surface area contributed by atoms with Gasteiger partial charge in [0.2, 0.25) is 0 Å². The monoisotopic (exact) mass is 454 g/mol. The van der Waals surface area contributed by atoms with Crippen molar-refractivity contribution in [2.24, 2.45) is 0 Å². The van der Waals surface area contributed by atoms with Crippen LogP contribution in [0.25, 0.3) is 0 Å². The van der Waals surface area contributed by atoms with Crippen LogP contribution in [0.3, 0.4) is 0 Å². The average Bonchev–Trinajstić information content (AvgIpc) is 2.81. The predicted molar refractivity (Wildman–Crippen MR) is 121 cm³/mol. The molecule has 0 saturated heterocycles. The fraction of sp³-hybridized carbons (Fsp3) is 0.269. The minimum absolute atomic E-state index is 0.0839. The third-order valence-electron chi connectivity index (χ3n) is 4.59. The maximum Gasteiger partial charge on any atom is 0.306 e. The molecule has 0 unspecified atom stereocenters. The summed E-state index contributed by atoms with van der Waals surface area (Å²) >= 11 is 0. The van der Waals surface area contributed by atoms with Crippen molar-refractivity contribution in [3.63, 3.8) is 0 Å². The molecule has 33 heavy (non-hydrogen) atoms. The molecule has 0 amide bonds. The highest BCUT2D eigenvalue weighted by Gasteiger charge is 2.10. The molecular formula is C26H27FO6. The summed E-state index contributed by atoms with van der Waals surface area (Å²) in [5.41, 5.74) is 1.40. The first-order chi connectivity index (χ1) is 16.1. The van der Waals surface area contributed by atoms with Gasteiger partial charge in [0.1, 0.15) is 30.5 Å². The average molecular weight is 454 g/mol. The molecule has 0 aliphatic carbocycles. The number of aryl methyl sites for hydroxylation is 1. The van der Waals surface area contributed by atoms with Crippen molar-refractivity contribution in [3.05, 3.63) is 83.7 Å². The topological polar surface area (TPSA) is 74.2 Å². The lowest BCUT2D eigenvalue weighted by Crippen LogP contribution is -2.05. The maximum absolute atomic E-state index is 14.5. The number of aliphatic hydroxyl groups is 1. The van der Waals surface area contributed by atoms with E-state index < -0.39 is 5.82 Å². The summed E-state index contributed by atoms with van der Waals surface area (Å²) in [5.74, 6) is 0.978. The van der Waals surface area contributed by atoms with Crippen LogP contribution < -0.4 is 14.2 Å². The molecule has 3 rings (SSSR count).